The first-order valence-electron chi connectivity index (χ1n) is 18.9. The van der Waals surface area contributed by atoms with Crippen molar-refractivity contribution in [2.75, 3.05) is 13.2 Å². The summed E-state index contributed by atoms with van der Waals surface area (Å²) in [7, 11) is 0. The van der Waals surface area contributed by atoms with Crippen LogP contribution in [0.15, 0.2) is 86.0 Å². The summed E-state index contributed by atoms with van der Waals surface area (Å²) >= 11 is 3.78. The molecule has 0 radical (unpaired) electrons. The first-order valence-corrected chi connectivity index (χ1v) is 19.8. The number of hydrogen-bond donors (Lipinski definition) is 2. The van der Waals surface area contributed by atoms with Crippen LogP contribution in [0.5, 0.6) is 0 Å². The Morgan fingerprint density at radius 1 is 1.06 bits per heavy atom. The molecular formula is C43H56BrN3O7. The topological polar surface area (TPSA) is 125 Å². The highest BCUT2D eigenvalue weighted by molar-refractivity contribution is 9.09. The van der Waals surface area contributed by atoms with Crippen LogP contribution in [0.2, 0.25) is 0 Å². The summed E-state index contributed by atoms with van der Waals surface area (Å²) in [4.78, 5) is 60.8. The number of aliphatic hydroxyl groups is 1. The second kappa shape index (κ2) is 16.5. The Bertz CT molecular complexity index is 1700. The molecule has 54 heavy (non-hydrogen) atoms. The highest BCUT2D eigenvalue weighted by Crippen LogP contribution is 2.62. The molecule has 0 aromatic heterocycles. The van der Waals surface area contributed by atoms with Crippen molar-refractivity contribution < 1.29 is 33.8 Å². The number of ether oxygens (including phenoxy) is 2. The van der Waals surface area contributed by atoms with Gasteiger partial charge in [0.15, 0.2) is 0 Å². The number of rotatable bonds is 16. The number of amides is 3. The number of nitrogens with zero attached hydrogens (tertiary/aromatic N) is 2. The number of aliphatic hydroxyl groups excluding tert-OH is 1. The summed E-state index contributed by atoms with van der Waals surface area (Å²) in [5.74, 6) is -3.79. The van der Waals surface area contributed by atoms with Gasteiger partial charge in [0.05, 0.1) is 36.6 Å². The standard InChI is InChI=1S/C43H56BrN3O7/c1-9-11-22-32(49)45-27(3)35(29-20-16-13-17-21-29)53-40(52)33-34-38(50)47(31(25-48)28-18-14-12-15-19-28)37(43(34)24-30(44)36(33)54-43)39(51)46(23-10-2)42(7,8)26-41(4,5)6/h9-10,12-21,27,30-31,33-37,48H,1-2,11,22-26H2,3-8H3,(H,45,49)/t27-,30?,31-,33+,34-,35-,36+,37+,43-/m1/s1. The zero-order valence-electron chi connectivity index (χ0n) is 32.4. The summed E-state index contributed by atoms with van der Waals surface area (Å²) in [6.45, 7) is 19.6. The molecule has 1 unspecified atom stereocenters. The quantitative estimate of drug-likeness (QED) is 0.114. The fourth-order valence-electron chi connectivity index (χ4n) is 9.23. The summed E-state index contributed by atoms with van der Waals surface area (Å²) < 4.78 is 13.2. The van der Waals surface area contributed by atoms with E-state index in [4.69, 9.17) is 9.47 Å². The fraction of sp³-hybridized carbons (Fsp3) is 0.535. The number of halogens is 1. The molecule has 3 aliphatic heterocycles. The van der Waals surface area contributed by atoms with Crippen molar-refractivity contribution in [3.63, 3.8) is 0 Å². The molecule has 3 amide bonds. The van der Waals surface area contributed by atoms with Crippen LogP contribution in [-0.4, -0.2) is 85.9 Å². The van der Waals surface area contributed by atoms with Gasteiger partial charge in [0.2, 0.25) is 17.7 Å². The van der Waals surface area contributed by atoms with Crippen molar-refractivity contribution in [2.45, 2.75) is 114 Å². The van der Waals surface area contributed by atoms with Gasteiger partial charge < -0.3 is 29.7 Å². The normalized spacial score (nSPS) is 26.4. The lowest BCUT2D eigenvalue weighted by Crippen LogP contribution is -2.61. The van der Waals surface area contributed by atoms with E-state index in [0.717, 1.165) is 0 Å². The van der Waals surface area contributed by atoms with Crippen molar-refractivity contribution in [1.82, 2.24) is 15.1 Å². The van der Waals surface area contributed by atoms with Crippen LogP contribution in [0.4, 0.5) is 0 Å². The third-order valence-electron chi connectivity index (χ3n) is 11.0. The average molecular weight is 807 g/mol. The van der Waals surface area contributed by atoms with Gasteiger partial charge >= 0.3 is 5.97 Å². The second-order valence-corrected chi connectivity index (χ2v) is 17.9. The van der Waals surface area contributed by atoms with E-state index in [1.54, 1.807) is 24.0 Å². The molecule has 9 atom stereocenters. The Morgan fingerprint density at radius 3 is 2.22 bits per heavy atom. The van der Waals surface area contributed by atoms with E-state index < -0.39 is 71.8 Å². The highest BCUT2D eigenvalue weighted by Gasteiger charge is 2.78. The van der Waals surface area contributed by atoms with Crippen LogP contribution in [-0.2, 0) is 28.7 Å². The van der Waals surface area contributed by atoms with E-state index in [-0.39, 0.29) is 41.4 Å². The fourth-order valence-corrected chi connectivity index (χ4v) is 10.2. The van der Waals surface area contributed by atoms with Crippen LogP contribution >= 0.6 is 15.9 Å². The predicted octanol–water partition coefficient (Wildman–Crippen LogP) is 6.45. The SMILES string of the molecule is C=CCCC(=O)N[C@H](C)[C@@H](OC(=O)[C@@H]1[C@H]2O[C@@]3(CC2Br)[C@H](C(=O)N(CC=C)C(C)(C)CC(C)(C)C)N([C@H](CO)c2ccccc2)C(=O)[C@@H]13)c1ccccc1. The molecule has 3 fully saturated rings. The van der Waals surface area contributed by atoms with Crippen molar-refractivity contribution in [1.29, 1.82) is 0 Å². The molecule has 3 heterocycles. The summed E-state index contributed by atoms with van der Waals surface area (Å²) in [6, 6.07) is 15.6. The van der Waals surface area contributed by atoms with Crippen LogP contribution in [0, 0.1) is 17.3 Å². The van der Waals surface area contributed by atoms with E-state index in [1.165, 1.54) is 4.90 Å². The summed E-state index contributed by atoms with van der Waals surface area (Å²) in [6.07, 6.45) is 3.38. The number of fused-ring (bicyclic) bond motifs is 1. The molecule has 2 N–H and O–H groups in total. The van der Waals surface area contributed by atoms with Crippen molar-refractivity contribution in [2.24, 2.45) is 17.3 Å². The number of carbonyl (C=O) groups excluding carboxylic acids is 4. The lowest BCUT2D eigenvalue weighted by molar-refractivity contribution is -0.163. The lowest BCUT2D eigenvalue weighted by Gasteiger charge is -2.46. The number of hydrogen-bond acceptors (Lipinski definition) is 7. The first-order chi connectivity index (χ1) is 25.5. The van der Waals surface area contributed by atoms with Crippen LogP contribution < -0.4 is 5.32 Å². The van der Waals surface area contributed by atoms with Crippen molar-refractivity contribution in [3.8, 4) is 0 Å². The van der Waals surface area contributed by atoms with Gasteiger partial charge in [-0.1, -0.05) is 110 Å². The van der Waals surface area contributed by atoms with Gasteiger partial charge in [0, 0.05) is 23.3 Å². The van der Waals surface area contributed by atoms with Crippen LogP contribution in [0.3, 0.4) is 0 Å². The van der Waals surface area contributed by atoms with Gasteiger partial charge in [-0.2, -0.15) is 0 Å². The number of likely N-dealkylation sites (tertiary alicyclic amines) is 1. The summed E-state index contributed by atoms with van der Waals surface area (Å²) in [5.41, 5.74) is -0.867. The Balaban J connectivity index is 1.59. The smallest absolute Gasteiger partial charge is 0.313 e. The molecule has 2 aromatic rings. The molecule has 2 bridgehead atoms. The maximum Gasteiger partial charge on any atom is 0.313 e. The number of benzene rings is 2. The molecule has 5 rings (SSSR count). The molecular weight excluding hydrogens is 750 g/mol. The maximum atomic E-state index is 15.4. The molecule has 3 saturated heterocycles. The maximum absolute atomic E-state index is 15.4. The van der Waals surface area contributed by atoms with Crippen molar-refractivity contribution >= 4 is 39.6 Å². The van der Waals surface area contributed by atoms with Gasteiger partial charge in [0.1, 0.15) is 17.7 Å². The minimum Gasteiger partial charge on any atom is -0.455 e. The highest BCUT2D eigenvalue weighted by atomic mass is 79.9. The Labute approximate surface area is 328 Å². The number of alkyl halides is 1. The van der Waals surface area contributed by atoms with Gasteiger partial charge in [-0.3, -0.25) is 19.2 Å². The van der Waals surface area contributed by atoms with Gasteiger partial charge in [0.25, 0.3) is 0 Å². The van der Waals surface area contributed by atoms with E-state index in [1.807, 2.05) is 74.5 Å². The Kier molecular flexibility index (Phi) is 12.6. The largest absolute Gasteiger partial charge is 0.455 e. The molecule has 0 aliphatic carbocycles. The minimum atomic E-state index is -1.40. The number of esters is 1. The van der Waals surface area contributed by atoms with E-state index in [2.05, 4.69) is 55.2 Å². The zero-order chi connectivity index (χ0) is 39.6. The third-order valence-corrected chi connectivity index (χ3v) is 11.8. The lowest BCUT2D eigenvalue weighted by atomic mass is 9.70. The molecule has 11 heteroatoms. The molecule has 292 valence electrons. The second-order valence-electron chi connectivity index (χ2n) is 16.8. The molecule has 0 saturated carbocycles. The van der Waals surface area contributed by atoms with Gasteiger partial charge in [-0.15, -0.1) is 13.2 Å². The molecule has 10 nitrogen and oxygen atoms in total. The summed E-state index contributed by atoms with van der Waals surface area (Å²) in [5, 5.41) is 13.9. The molecule has 2 aromatic carbocycles. The monoisotopic (exact) mass is 805 g/mol. The van der Waals surface area contributed by atoms with Crippen LogP contribution in [0.25, 0.3) is 0 Å². The first kappa shape index (κ1) is 41.4. The van der Waals surface area contributed by atoms with E-state index >= 15 is 9.59 Å². The number of carbonyl (C=O) groups is 4. The van der Waals surface area contributed by atoms with E-state index in [0.29, 0.717) is 24.0 Å². The Hall–Kier alpha value is -3.80. The van der Waals surface area contributed by atoms with Gasteiger partial charge in [-0.25, -0.2) is 0 Å². The van der Waals surface area contributed by atoms with E-state index in [9.17, 15) is 14.7 Å². The van der Waals surface area contributed by atoms with Gasteiger partial charge in [-0.05, 0) is 56.6 Å². The van der Waals surface area contributed by atoms with Crippen molar-refractivity contribution in [3.05, 3.63) is 97.1 Å². The number of nitrogens with one attached hydrogen (secondary N) is 1. The van der Waals surface area contributed by atoms with Crippen LogP contribution in [0.1, 0.15) is 90.5 Å². The Morgan fingerprint density at radius 2 is 1.67 bits per heavy atom. The predicted molar refractivity (Wildman–Crippen MR) is 211 cm³/mol. The molecule has 1 spiro atoms. The number of allylic oxidation sites excluding steroid dienone is 1. The average Bonchev–Trinajstić information content (AvgIpc) is 3.71. The third kappa shape index (κ3) is 8.09. The molecule has 3 aliphatic rings. The zero-order valence-corrected chi connectivity index (χ0v) is 34.0. The minimum absolute atomic E-state index is 0.136.